The van der Waals surface area contributed by atoms with Crippen LogP contribution in [0.25, 0.3) is 0 Å². The topological polar surface area (TPSA) is 188 Å². The van der Waals surface area contributed by atoms with Crippen LogP contribution in [-0.2, 0) is 17.6 Å². The number of primary amides is 1. The molecule has 11 heteroatoms. The number of nitrogens with one attached hydrogen (secondary N) is 1. The predicted octanol–water partition coefficient (Wildman–Crippen LogP) is 0.541. The first-order valence-corrected chi connectivity index (χ1v) is 9.21. The molecule has 0 saturated heterocycles. The number of phenolic OH excluding ortho intramolecular Hbond substituents is 3. The lowest BCUT2D eigenvalue weighted by Gasteiger charge is -2.22. The van der Waals surface area contributed by atoms with Gasteiger partial charge in [0.25, 0.3) is 0 Å². The molecule has 166 valence electrons. The number of nitrogens with zero attached hydrogens (tertiary/aromatic N) is 1. The second-order valence-corrected chi connectivity index (χ2v) is 6.65. The molecule has 2 aromatic carbocycles. The van der Waals surface area contributed by atoms with Crippen LogP contribution < -0.4 is 21.5 Å². The summed E-state index contributed by atoms with van der Waals surface area (Å²) >= 11 is 0. The van der Waals surface area contributed by atoms with Crippen molar-refractivity contribution in [1.82, 2.24) is 10.2 Å². The van der Waals surface area contributed by atoms with E-state index in [1.807, 2.05) is 0 Å². The lowest BCUT2D eigenvalue weighted by Crippen LogP contribution is -2.50. The first-order valence-electron chi connectivity index (χ1n) is 9.21. The van der Waals surface area contributed by atoms with Gasteiger partial charge in [0.05, 0.1) is 6.04 Å². The number of nitrogens with two attached hydrogens (primary N) is 2. The zero-order valence-corrected chi connectivity index (χ0v) is 16.7. The number of carbonyl (C=O) groups is 3. The summed E-state index contributed by atoms with van der Waals surface area (Å²) in [4.78, 5) is 36.6. The molecule has 2 aromatic rings. The molecule has 0 radical (unpaired) electrons. The van der Waals surface area contributed by atoms with Crippen molar-refractivity contribution in [1.29, 1.82) is 0 Å². The first kappa shape index (κ1) is 23.3. The Balaban J connectivity index is 2.07. The number of hydrogen-bond donors (Lipinski definition) is 6. The number of rotatable bonds is 7. The van der Waals surface area contributed by atoms with Gasteiger partial charge in [-0.3, -0.25) is 9.69 Å². The Morgan fingerprint density at radius 1 is 1.03 bits per heavy atom. The molecule has 2 rings (SSSR count). The predicted molar refractivity (Wildman–Crippen MR) is 110 cm³/mol. The summed E-state index contributed by atoms with van der Waals surface area (Å²) in [6.45, 7) is -0.104. The lowest BCUT2D eigenvalue weighted by atomic mass is 10.0. The number of amides is 4. The van der Waals surface area contributed by atoms with Gasteiger partial charge in [-0.1, -0.05) is 12.1 Å². The van der Waals surface area contributed by atoms with E-state index in [0.717, 1.165) is 4.90 Å². The van der Waals surface area contributed by atoms with Crippen LogP contribution in [0.2, 0.25) is 0 Å². The second-order valence-electron chi connectivity index (χ2n) is 6.65. The molecule has 1 atom stereocenters. The molecule has 0 aliphatic rings. The van der Waals surface area contributed by atoms with Crippen LogP contribution in [-0.4, -0.2) is 57.9 Å². The fourth-order valence-corrected chi connectivity index (χ4v) is 2.75. The summed E-state index contributed by atoms with van der Waals surface area (Å²) in [6, 6.07) is 6.15. The van der Waals surface area contributed by atoms with Gasteiger partial charge < -0.3 is 36.8 Å². The number of urea groups is 1. The maximum absolute atomic E-state index is 12.6. The van der Waals surface area contributed by atoms with Gasteiger partial charge in [-0.25, -0.2) is 9.59 Å². The number of carbonyl (C=O) groups excluding carboxylic acids is 3. The number of imide groups is 1. The largest absolute Gasteiger partial charge is 0.504 e. The van der Waals surface area contributed by atoms with E-state index in [-0.39, 0.29) is 42.4 Å². The van der Waals surface area contributed by atoms with E-state index in [2.05, 4.69) is 5.32 Å². The minimum atomic E-state index is -1.12. The highest BCUT2D eigenvalue weighted by Gasteiger charge is 2.25. The summed E-state index contributed by atoms with van der Waals surface area (Å²) in [5.74, 6) is -1.73. The van der Waals surface area contributed by atoms with Gasteiger partial charge in [0.15, 0.2) is 23.0 Å². The third-order valence-electron chi connectivity index (χ3n) is 4.40. The highest BCUT2D eigenvalue weighted by Crippen LogP contribution is 2.27. The van der Waals surface area contributed by atoms with Gasteiger partial charge >= 0.3 is 12.1 Å². The van der Waals surface area contributed by atoms with Gasteiger partial charge in [-0.05, 0) is 48.2 Å². The molecule has 0 spiro atoms. The van der Waals surface area contributed by atoms with Gasteiger partial charge in [-0.2, -0.15) is 0 Å². The Morgan fingerprint density at radius 3 is 2.29 bits per heavy atom. The van der Waals surface area contributed by atoms with Crippen molar-refractivity contribution in [2.24, 2.45) is 11.5 Å². The minimum Gasteiger partial charge on any atom is -0.504 e. The average molecular weight is 432 g/mol. The summed E-state index contributed by atoms with van der Waals surface area (Å²) in [5.41, 5.74) is 12.3. The number of aromatic hydroxyl groups is 3. The fraction of sp³-hybridized carbons (Fsp3) is 0.250. The molecular formula is C20H24N4O7. The fourth-order valence-electron chi connectivity index (χ4n) is 2.75. The molecule has 0 aliphatic carbocycles. The quantitative estimate of drug-likeness (QED) is 0.342. The molecule has 0 saturated carbocycles. The van der Waals surface area contributed by atoms with Crippen molar-refractivity contribution in [3.63, 3.8) is 0 Å². The maximum atomic E-state index is 12.6. The molecule has 0 bridgehead atoms. The summed E-state index contributed by atoms with van der Waals surface area (Å²) in [5, 5.41) is 31.0. The SMILES string of the molecule is CNC(=O)Oc1cc(CCN(C(N)=O)C(=O)[C@@H](N)Cc2ccc(O)c(O)c2)ccc1O. The second kappa shape index (κ2) is 10.2. The van der Waals surface area contributed by atoms with Crippen molar-refractivity contribution >= 4 is 18.0 Å². The molecule has 0 fully saturated rings. The standard InChI is InChI=1S/C20H24N4O7/c1-23-20(30)31-17-10-11(2-5-15(17)26)6-7-24(19(22)29)18(28)13(21)8-12-3-4-14(25)16(27)9-12/h2-5,9-10,13,25-27H,6-8,21H2,1H3,(H2,22,29)(H,23,30)/t13-/m0/s1. The number of phenols is 3. The zero-order chi connectivity index (χ0) is 23.1. The molecule has 0 unspecified atom stereocenters. The monoisotopic (exact) mass is 432 g/mol. The van der Waals surface area contributed by atoms with E-state index in [0.29, 0.717) is 11.1 Å². The van der Waals surface area contributed by atoms with Crippen molar-refractivity contribution in [2.45, 2.75) is 18.9 Å². The van der Waals surface area contributed by atoms with Gasteiger partial charge in [-0.15, -0.1) is 0 Å². The Labute approximate surface area is 177 Å². The zero-order valence-electron chi connectivity index (χ0n) is 16.7. The van der Waals surface area contributed by atoms with Crippen LogP contribution in [0.4, 0.5) is 9.59 Å². The number of benzene rings is 2. The summed E-state index contributed by atoms with van der Waals surface area (Å²) in [7, 11) is 1.36. The van der Waals surface area contributed by atoms with E-state index in [9.17, 15) is 29.7 Å². The molecule has 0 heterocycles. The lowest BCUT2D eigenvalue weighted by molar-refractivity contribution is -0.129. The van der Waals surface area contributed by atoms with Crippen LogP contribution in [0.1, 0.15) is 11.1 Å². The van der Waals surface area contributed by atoms with E-state index >= 15 is 0 Å². The summed E-state index contributed by atoms with van der Waals surface area (Å²) < 4.78 is 4.93. The third kappa shape index (κ3) is 6.24. The van der Waals surface area contributed by atoms with Crippen molar-refractivity contribution in [3.05, 3.63) is 47.5 Å². The third-order valence-corrected chi connectivity index (χ3v) is 4.40. The Morgan fingerprint density at radius 2 is 1.68 bits per heavy atom. The molecule has 0 aliphatic heterocycles. The van der Waals surface area contributed by atoms with Crippen molar-refractivity contribution < 1.29 is 34.4 Å². The Hall–Kier alpha value is -3.99. The van der Waals surface area contributed by atoms with Crippen LogP contribution in [0.5, 0.6) is 23.0 Å². The minimum absolute atomic E-state index is 0.000218. The normalized spacial score (nSPS) is 11.4. The highest BCUT2D eigenvalue weighted by molar-refractivity contribution is 5.96. The van der Waals surface area contributed by atoms with Gasteiger partial charge in [0.1, 0.15) is 0 Å². The number of hydrogen-bond acceptors (Lipinski definition) is 8. The summed E-state index contributed by atoms with van der Waals surface area (Å²) in [6.07, 6.45) is -0.612. The molecule has 31 heavy (non-hydrogen) atoms. The molecular weight excluding hydrogens is 408 g/mol. The highest BCUT2D eigenvalue weighted by atomic mass is 16.6. The van der Waals surface area contributed by atoms with E-state index in [1.165, 1.54) is 43.4 Å². The van der Waals surface area contributed by atoms with Gasteiger partial charge in [0.2, 0.25) is 5.91 Å². The van der Waals surface area contributed by atoms with E-state index < -0.39 is 24.1 Å². The average Bonchev–Trinajstić information content (AvgIpc) is 2.72. The van der Waals surface area contributed by atoms with Crippen LogP contribution >= 0.6 is 0 Å². The van der Waals surface area contributed by atoms with Crippen molar-refractivity contribution in [3.8, 4) is 23.0 Å². The van der Waals surface area contributed by atoms with E-state index in [4.69, 9.17) is 16.2 Å². The number of ether oxygens (including phenoxy) is 1. The van der Waals surface area contributed by atoms with E-state index in [1.54, 1.807) is 0 Å². The molecule has 0 aromatic heterocycles. The maximum Gasteiger partial charge on any atom is 0.412 e. The molecule has 11 nitrogen and oxygen atoms in total. The Kier molecular flexibility index (Phi) is 7.64. The first-order chi connectivity index (χ1) is 14.6. The van der Waals surface area contributed by atoms with Crippen LogP contribution in [0.3, 0.4) is 0 Å². The molecule has 4 amide bonds. The molecule has 8 N–H and O–H groups in total. The van der Waals surface area contributed by atoms with Crippen LogP contribution in [0, 0.1) is 0 Å². The Bertz CT molecular complexity index is 980. The van der Waals surface area contributed by atoms with Crippen molar-refractivity contribution in [2.75, 3.05) is 13.6 Å². The smallest absolute Gasteiger partial charge is 0.412 e. The van der Waals surface area contributed by atoms with Gasteiger partial charge in [0, 0.05) is 13.6 Å². The van der Waals surface area contributed by atoms with Crippen LogP contribution in [0.15, 0.2) is 36.4 Å².